The SMILES string of the molecule is C=CN(/C=C\CC)CC(C(C)C)N(CCCCCCOC(=O)CC(CCCCCC)CCCCCCCC)CC(O)CCCCOC(=O)CC(CCCCCC)CCCCCCCC. The van der Waals surface area contributed by atoms with Crippen LogP contribution in [-0.2, 0) is 19.1 Å². The number of nitrogens with zero attached hydrogens (tertiary/aromatic N) is 2. The van der Waals surface area contributed by atoms with E-state index in [1.807, 2.05) is 6.20 Å². The summed E-state index contributed by atoms with van der Waals surface area (Å²) in [5, 5.41) is 11.4. The minimum atomic E-state index is -0.443. The number of carbonyl (C=O) groups excluding carboxylic acids is 2. The van der Waals surface area contributed by atoms with Gasteiger partial charge < -0.3 is 19.5 Å². The molecule has 0 aliphatic rings. The number of ether oxygens (including phenoxy) is 2. The third-order valence-corrected chi connectivity index (χ3v) is 13.4. The fraction of sp³-hybridized carbons (Fsp3) is 0.895. The van der Waals surface area contributed by atoms with Gasteiger partial charge in [0.05, 0.1) is 19.3 Å². The van der Waals surface area contributed by atoms with Crippen LogP contribution in [-0.4, -0.2) is 71.8 Å². The average Bonchev–Trinajstić information content (AvgIpc) is 3.27. The lowest BCUT2D eigenvalue weighted by Gasteiger charge is -2.38. The van der Waals surface area contributed by atoms with Crippen LogP contribution < -0.4 is 0 Å². The molecule has 4 unspecified atom stereocenters. The Morgan fingerprint density at radius 1 is 0.531 bits per heavy atom. The first-order chi connectivity index (χ1) is 31.1. The Bertz CT molecular complexity index is 1060. The van der Waals surface area contributed by atoms with Gasteiger partial charge in [0.1, 0.15) is 0 Å². The zero-order valence-electron chi connectivity index (χ0n) is 43.9. The van der Waals surface area contributed by atoms with Crippen LogP contribution in [0.3, 0.4) is 0 Å². The largest absolute Gasteiger partial charge is 0.466 e. The molecule has 0 heterocycles. The number of carbonyl (C=O) groups is 2. The number of esters is 2. The lowest BCUT2D eigenvalue weighted by Crippen LogP contribution is -2.48. The highest BCUT2D eigenvalue weighted by molar-refractivity contribution is 5.70. The van der Waals surface area contributed by atoms with Gasteiger partial charge in [0.25, 0.3) is 0 Å². The summed E-state index contributed by atoms with van der Waals surface area (Å²) in [6, 6.07) is 0.258. The van der Waals surface area contributed by atoms with Crippen molar-refractivity contribution in [2.75, 3.05) is 32.8 Å². The van der Waals surface area contributed by atoms with Gasteiger partial charge in [-0.3, -0.25) is 14.5 Å². The second-order valence-electron chi connectivity index (χ2n) is 19.9. The standard InChI is InChI=1S/C57H110N2O5/c1-9-15-20-24-26-32-40-52(38-30-22-17-11-3)47-56(61)63-45-36-29-28-35-44-59(55(51(7)8)50-58(14-6)43-19-13-5)49-54(60)42-34-37-46-64-57(62)48-53(39-31-23-18-12-4)41-33-27-25-21-16-10-2/h14,19,43,51-55,60H,6,9-13,15-18,20-42,44-50H2,1-5,7-8H3/b43-19-. The summed E-state index contributed by atoms with van der Waals surface area (Å²) in [6.07, 6.45) is 44.3. The predicted molar refractivity (Wildman–Crippen MR) is 276 cm³/mol. The molecule has 0 aliphatic heterocycles. The van der Waals surface area contributed by atoms with Crippen LogP contribution in [0.4, 0.5) is 0 Å². The first-order valence-electron chi connectivity index (χ1n) is 27.9. The number of aliphatic hydroxyl groups is 1. The topological polar surface area (TPSA) is 79.3 Å². The number of aliphatic hydroxyl groups excluding tert-OH is 1. The molecule has 1 N–H and O–H groups in total. The zero-order valence-corrected chi connectivity index (χ0v) is 43.9. The highest BCUT2D eigenvalue weighted by Gasteiger charge is 2.25. The quantitative estimate of drug-likeness (QED) is 0.0481. The molecule has 0 fully saturated rings. The van der Waals surface area contributed by atoms with E-state index >= 15 is 0 Å². The van der Waals surface area contributed by atoms with Crippen LogP contribution in [0.15, 0.2) is 25.1 Å². The van der Waals surface area contributed by atoms with E-state index in [4.69, 9.17) is 9.47 Å². The van der Waals surface area contributed by atoms with Gasteiger partial charge >= 0.3 is 11.9 Å². The van der Waals surface area contributed by atoms with Crippen molar-refractivity contribution in [3.8, 4) is 0 Å². The van der Waals surface area contributed by atoms with E-state index in [9.17, 15) is 14.7 Å². The van der Waals surface area contributed by atoms with Gasteiger partial charge in [0.2, 0.25) is 0 Å². The summed E-state index contributed by atoms with van der Waals surface area (Å²) < 4.78 is 11.6. The van der Waals surface area contributed by atoms with E-state index in [0.717, 1.165) is 83.7 Å². The number of hydrogen-bond donors (Lipinski definition) is 1. The van der Waals surface area contributed by atoms with Crippen molar-refractivity contribution in [1.29, 1.82) is 0 Å². The molecule has 0 aromatic rings. The second kappa shape index (κ2) is 46.3. The van der Waals surface area contributed by atoms with Crippen LogP contribution in [0.2, 0.25) is 0 Å². The van der Waals surface area contributed by atoms with Gasteiger partial charge in [0, 0.05) is 32.0 Å². The third-order valence-electron chi connectivity index (χ3n) is 13.4. The summed E-state index contributed by atoms with van der Waals surface area (Å²) in [4.78, 5) is 30.5. The summed E-state index contributed by atoms with van der Waals surface area (Å²) in [7, 11) is 0. The molecule has 0 aliphatic carbocycles. The van der Waals surface area contributed by atoms with Gasteiger partial charge in [-0.1, -0.05) is 202 Å². The second-order valence-corrected chi connectivity index (χ2v) is 19.9. The van der Waals surface area contributed by atoms with Crippen LogP contribution in [0.25, 0.3) is 0 Å². The molecule has 0 amide bonds. The summed E-state index contributed by atoms with van der Waals surface area (Å²) in [5.41, 5.74) is 0. The third kappa shape index (κ3) is 38.3. The van der Waals surface area contributed by atoms with Crippen LogP contribution in [0.1, 0.15) is 267 Å². The first-order valence-corrected chi connectivity index (χ1v) is 27.9. The molecule has 0 aromatic carbocycles. The maximum absolute atomic E-state index is 12.9. The van der Waals surface area contributed by atoms with Crippen molar-refractivity contribution < 1.29 is 24.2 Å². The molecule has 64 heavy (non-hydrogen) atoms. The molecule has 0 radical (unpaired) electrons. The molecule has 0 bridgehead atoms. The molecule has 0 rings (SSSR count). The first kappa shape index (κ1) is 62.1. The Kier molecular flexibility index (Phi) is 44.9. The Morgan fingerprint density at radius 3 is 1.36 bits per heavy atom. The molecule has 0 saturated carbocycles. The van der Waals surface area contributed by atoms with Crippen molar-refractivity contribution in [3.05, 3.63) is 25.1 Å². The Morgan fingerprint density at radius 2 is 0.922 bits per heavy atom. The fourth-order valence-corrected chi connectivity index (χ4v) is 9.21. The smallest absolute Gasteiger partial charge is 0.306 e. The molecule has 7 heteroatoms. The number of hydrogen-bond acceptors (Lipinski definition) is 7. The minimum Gasteiger partial charge on any atom is -0.466 e. The van der Waals surface area contributed by atoms with Crippen LogP contribution in [0.5, 0.6) is 0 Å². The Labute approximate surface area is 399 Å². The molecule has 7 nitrogen and oxygen atoms in total. The minimum absolute atomic E-state index is 0.00548. The lowest BCUT2D eigenvalue weighted by atomic mass is 9.91. The van der Waals surface area contributed by atoms with E-state index < -0.39 is 6.10 Å². The van der Waals surface area contributed by atoms with E-state index in [2.05, 4.69) is 77.1 Å². The molecular weight excluding hydrogens is 793 g/mol. The van der Waals surface area contributed by atoms with E-state index in [1.54, 1.807) is 0 Å². The zero-order chi connectivity index (χ0) is 47.3. The van der Waals surface area contributed by atoms with E-state index in [0.29, 0.717) is 56.8 Å². The molecule has 4 atom stereocenters. The van der Waals surface area contributed by atoms with E-state index in [-0.39, 0.29) is 18.0 Å². The number of allylic oxidation sites excluding steroid dienone is 1. The van der Waals surface area contributed by atoms with Gasteiger partial charge in [-0.2, -0.15) is 0 Å². The van der Waals surface area contributed by atoms with Gasteiger partial charge in [-0.25, -0.2) is 0 Å². The molecular formula is C57H110N2O5. The van der Waals surface area contributed by atoms with Crippen molar-refractivity contribution in [3.63, 3.8) is 0 Å². The molecule has 378 valence electrons. The normalized spacial score (nSPS) is 13.7. The summed E-state index contributed by atoms with van der Waals surface area (Å²) >= 11 is 0. The molecule has 0 aromatic heterocycles. The van der Waals surface area contributed by atoms with Gasteiger partial charge in [-0.15, -0.1) is 0 Å². The van der Waals surface area contributed by atoms with E-state index in [1.165, 1.54) is 128 Å². The highest BCUT2D eigenvalue weighted by Crippen LogP contribution is 2.25. The number of unbranched alkanes of at least 4 members (excludes halogenated alkanes) is 20. The molecule has 0 spiro atoms. The highest BCUT2D eigenvalue weighted by atomic mass is 16.5. The maximum atomic E-state index is 12.9. The van der Waals surface area contributed by atoms with Crippen LogP contribution >= 0.6 is 0 Å². The monoisotopic (exact) mass is 903 g/mol. The Hall–Kier alpha value is -1.86. The van der Waals surface area contributed by atoms with Gasteiger partial charge in [-0.05, 0) is 101 Å². The van der Waals surface area contributed by atoms with Crippen molar-refractivity contribution in [2.45, 2.75) is 279 Å². The average molecular weight is 904 g/mol. The number of rotatable bonds is 49. The van der Waals surface area contributed by atoms with Crippen molar-refractivity contribution in [2.24, 2.45) is 17.8 Å². The Balaban J connectivity index is 5.06. The predicted octanol–water partition coefficient (Wildman–Crippen LogP) is 16.3. The summed E-state index contributed by atoms with van der Waals surface area (Å²) in [6.45, 7) is 23.2. The van der Waals surface area contributed by atoms with Crippen molar-refractivity contribution >= 4 is 11.9 Å². The lowest BCUT2D eigenvalue weighted by molar-refractivity contribution is -0.146. The molecule has 0 saturated heterocycles. The van der Waals surface area contributed by atoms with Crippen LogP contribution in [0, 0.1) is 17.8 Å². The fourth-order valence-electron chi connectivity index (χ4n) is 9.21. The van der Waals surface area contributed by atoms with Gasteiger partial charge in [0.15, 0.2) is 0 Å². The van der Waals surface area contributed by atoms with Crippen molar-refractivity contribution in [1.82, 2.24) is 9.80 Å². The summed E-state index contributed by atoms with van der Waals surface area (Å²) in [5.74, 6) is 1.26. The maximum Gasteiger partial charge on any atom is 0.306 e.